The van der Waals surface area contributed by atoms with Crippen molar-refractivity contribution in [3.05, 3.63) is 17.6 Å². The van der Waals surface area contributed by atoms with Gasteiger partial charge in [-0.15, -0.1) is 0 Å². The molecule has 0 saturated heterocycles. The van der Waals surface area contributed by atoms with E-state index in [1.54, 1.807) is 0 Å². The fourth-order valence-corrected chi connectivity index (χ4v) is 4.28. The first-order valence-electron chi connectivity index (χ1n) is 8.41. The molecule has 1 aromatic rings. The highest BCUT2D eigenvalue weighted by Crippen LogP contribution is 2.48. The molecule has 4 heteroatoms. The van der Waals surface area contributed by atoms with Gasteiger partial charge in [-0.2, -0.15) is 0 Å². The van der Waals surface area contributed by atoms with E-state index in [1.165, 1.54) is 32.2 Å². The fourth-order valence-electron chi connectivity index (χ4n) is 4.28. The van der Waals surface area contributed by atoms with E-state index in [9.17, 15) is 0 Å². The summed E-state index contributed by atoms with van der Waals surface area (Å²) in [4.78, 5) is 11.6. The van der Waals surface area contributed by atoms with Gasteiger partial charge in [0.2, 0.25) is 0 Å². The minimum Gasteiger partial charge on any atom is -0.370 e. The summed E-state index contributed by atoms with van der Waals surface area (Å²) >= 11 is 0. The largest absolute Gasteiger partial charge is 0.370 e. The maximum absolute atomic E-state index is 4.62. The monoisotopic (exact) mass is 288 g/mol. The molecule has 1 N–H and O–H groups in total. The lowest BCUT2D eigenvalue weighted by Crippen LogP contribution is -2.29. The zero-order valence-electron chi connectivity index (χ0n) is 13.6. The van der Waals surface area contributed by atoms with Crippen molar-refractivity contribution in [2.24, 2.45) is 17.8 Å². The van der Waals surface area contributed by atoms with Gasteiger partial charge in [0.25, 0.3) is 0 Å². The number of rotatable bonds is 6. The van der Waals surface area contributed by atoms with Crippen LogP contribution in [0.15, 0.2) is 6.07 Å². The van der Waals surface area contributed by atoms with Gasteiger partial charge in [-0.25, -0.2) is 9.97 Å². The number of hydrogen-bond donors (Lipinski definition) is 1. The minimum absolute atomic E-state index is 0.855. The van der Waals surface area contributed by atoms with Crippen LogP contribution in [0.1, 0.15) is 44.1 Å². The van der Waals surface area contributed by atoms with Gasteiger partial charge in [0.1, 0.15) is 11.6 Å². The standard InChI is InChI=1S/C17H28N4/c1-4-18-16-7-12(2)19-17(20-16)11-21(3)10-15-9-13-5-6-14(15)8-13/h7,13-15H,4-6,8-11H2,1-3H3,(H,18,19,20). The van der Waals surface area contributed by atoms with Gasteiger partial charge < -0.3 is 5.32 Å². The highest BCUT2D eigenvalue weighted by molar-refractivity contribution is 5.35. The molecule has 1 heterocycles. The molecule has 2 aliphatic rings. The molecule has 0 amide bonds. The van der Waals surface area contributed by atoms with Crippen LogP contribution in [-0.4, -0.2) is 35.0 Å². The number of nitrogens with one attached hydrogen (secondary N) is 1. The maximum Gasteiger partial charge on any atom is 0.144 e. The predicted octanol–water partition coefficient (Wildman–Crippen LogP) is 3.08. The van der Waals surface area contributed by atoms with Crippen LogP contribution >= 0.6 is 0 Å². The number of anilines is 1. The normalized spacial score (nSPS) is 27.5. The predicted molar refractivity (Wildman–Crippen MR) is 86.2 cm³/mol. The molecule has 21 heavy (non-hydrogen) atoms. The van der Waals surface area contributed by atoms with Gasteiger partial charge >= 0.3 is 0 Å². The third-order valence-electron chi connectivity index (χ3n) is 5.10. The van der Waals surface area contributed by atoms with Gasteiger partial charge in [0.15, 0.2) is 0 Å². The van der Waals surface area contributed by atoms with Crippen LogP contribution < -0.4 is 5.32 Å². The molecule has 116 valence electrons. The van der Waals surface area contributed by atoms with Gasteiger partial charge in [0.05, 0.1) is 6.54 Å². The Bertz CT molecular complexity index is 488. The summed E-state index contributed by atoms with van der Waals surface area (Å²) in [6.07, 6.45) is 5.89. The molecule has 1 aromatic heterocycles. The molecule has 2 bridgehead atoms. The molecular weight excluding hydrogens is 260 g/mol. The Hall–Kier alpha value is -1.16. The van der Waals surface area contributed by atoms with E-state index >= 15 is 0 Å². The molecule has 4 nitrogen and oxygen atoms in total. The summed E-state index contributed by atoms with van der Waals surface area (Å²) in [7, 11) is 2.21. The van der Waals surface area contributed by atoms with E-state index in [-0.39, 0.29) is 0 Å². The van der Waals surface area contributed by atoms with Gasteiger partial charge in [-0.1, -0.05) is 6.42 Å². The molecule has 3 rings (SSSR count). The van der Waals surface area contributed by atoms with Crippen LogP contribution in [0.4, 0.5) is 5.82 Å². The van der Waals surface area contributed by atoms with Crippen molar-refractivity contribution in [3.63, 3.8) is 0 Å². The summed E-state index contributed by atoms with van der Waals surface area (Å²) in [6, 6.07) is 2.02. The zero-order chi connectivity index (χ0) is 14.8. The van der Waals surface area contributed by atoms with E-state index in [4.69, 9.17) is 0 Å². The van der Waals surface area contributed by atoms with Crippen molar-refractivity contribution in [2.75, 3.05) is 25.5 Å². The third-order valence-corrected chi connectivity index (χ3v) is 5.10. The topological polar surface area (TPSA) is 41.1 Å². The number of aryl methyl sites for hydroxylation is 1. The molecule has 0 radical (unpaired) electrons. The van der Waals surface area contributed by atoms with E-state index in [2.05, 4.69) is 34.2 Å². The lowest BCUT2D eigenvalue weighted by molar-refractivity contribution is 0.211. The van der Waals surface area contributed by atoms with Crippen molar-refractivity contribution >= 4 is 5.82 Å². The molecular formula is C17H28N4. The maximum atomic E-state index is 4.62. The summed E-state index contributed by atoms with van der Waals surface area (Å²) in [5.41, 5.74) is 1.05. The molecule has 2 aliphatic carbocycles. The fraction of sp³-hybridized carbons (Fsp3) is 0.765. The van der Waals surface area contributed by atoms with Crippen molar-refractivity contribution < 1.29 is 0 Å². The molecule has 0 aromatic carbocycles. The van der Waals surface area contributed by atoms with Gasteiger partial charge in [0, 0.05) is 24.8 Å². The Morgan fingerprint density at radius 3 is 2.81 bits per heavy atom. The van der Waals surface area contributed by atoms with Crippen LogP contribution in [0.25, 0.3) is 0 Å². The summed E-state index contributed by atoms with van der Waals surface area (Å²) in [6.45, 7) is 7.10. The van der Waals surface area contributed by atoms with Crippen LogP contribution in [0.3, 0.4) is 0 Å². The molecule has 3 unspecified atom stereocenters. The average Bonchev–Trinajstić information content (AvgIpc) is 3.00. The van der Waals surface area contributed by atoms with Crippen LogP contribution in [0.2, 0.25) is 0 Å². The second-order valence-corrected chi connectivity index (χ2v) is 6.97. The highest BCUT2D eigenvalue weighted by atomic mass is 15.1. The van der Waals surface area contributed by atoms with Crippen molar-refractivity contribution in [1.29, 1.82) is 0 Å². The van der Waals surface area contributed by atoms with Crippen molar-refractivity contribution in [2.45, 2.75) is 46.1 Å². The van der Waals surface area contributed by atoms with E-state index in [0.29, 0.717) is 0 Å². The number of nitrogens with zero attached hydrogens (tertiary/aromatic N) is 3. The smallest absolute Gasteiger partial charge is 0.144 e. The van der Waals surface area contributed by atoms with Crippen molar-refractivity contribution in [1.82, 2.24) is 14.9 Å². The SMILES string of the molecule is CCNc1cc(C)nc(CN(C)CC2CC3CCC2C3)n1. The second kappa shape index (κ2) is 6.30. The Kier molecular flexibility index (Phi) is 4.43. The van der Waals surface area contributed by atoms with E-state index in [0.717, 1.165) is 48.2 Å². The number of hydrogen-bond acceptors (Lipinski definition) is 4. The van der Waals surface area contributed by atoms with Gasteiger partial charge in [-0.05, 0) is 57.9 Å². The highest BCUT2D eigenvalue weighted by Gasteiger charge is 2.39. The Balaban J connectivity index is 1.58. The number of fused-ring (bicyclic) bond motifs is 2. The Labute approximate surface area is 128 Å². The Morgan fingerprint density at radius 1 is 1.29 bits per heavy atom. The summed E-state index contributed by atoms with van der Waals surface area (Å²) in [5, 5.41) is 3.29. The van der Waals surface area contributed by atoms with Crippen molar-refractivity contribution in [3.8, 4) is 0 Å². The average molecular weight is 288 g/mol. The summed E-state index contributed by atoms with van der Waals surface area (Å²) < 4.78 is 0. The van der Waals surface area contributed by atoms with Crippen LogP contribution in [0.5, 0.6) is 0 Å². The lowest BCUT2D eigenvalue weighted by Gasteiger charge is -2.26. The zero-order valence-corrected chi connectivity index (χ0v) is 13.6. The number of aromatic nitrogens is 2. The molecule has 2 saturated carbocycles. The lowest BCUT2D eigenvalue weighted by atomic mass is 9.88. The third kappa shape index (κ3) is 3.54. The van der Waals surface area contributed by atoms with E-state index in [1.807, 2.05) is 13.0 Å². The van der Waals surface area contributed by atoms with Crippen LogP contribution in [0, 0.1) is 24.7 Å². The first kappa shape index (κ1) is 14.8. The second-order valence-electron chi connectivity index (χ2n) is 6.97. The molecule has 0 aliphatic heterocycles. The Morgan fingerprint density at radius 2 is 2.14 bits per heavy atom. The molecule has 2 fully saturated rings. The van der Waals surface area contributed by atoms with Gasteiger partial charge in [-0.3, -0.25) is 4.90 Å². The minimum atomic E-state index is 0.855. The molecule has 0 spiro atoms. The van der Waals surface area contributed by atoms with Crippen LogP contribution in [-0.2, 0) is 6.54 Å². The molecule has 3 atom stereocenters. The van der Waals surface area contributed by atoms with E-state index < -0.39 is 0 Å². The quantitative estimate of drug-likeness (QED) is 0.873. The first-order chi connectivity index (χ1) is 10.1. The first-order valence-corrected chi connectivity index (χ1v) is 8.41. The summed E-state index contributed by atoms with van der Waals surface area (Å²) in [5.74, 6) is 4.83.